The molecule has 3 heterocycles. The average molecular weight is 334 g/mol. The maximum Gasteiger partial charge on any atom is 0.255 e. The molecule has 0 spiro atoms. The normalized spacial score (nSPS) is 25.3. The van der Waals surface area contributed by atoms with Crippen LogP contribution in [0.1, 0.15) is 36.5 Å². The molecule has 2 aliphatic rings. The van der Waals surface area contributed by atoms with Crippen LogP contribution < -0.4 is 10.2 Å². The summed E-state index contributed by atoms with van der Waals surface area (Å²) in [4.78, 5) is 21.1. The predicted molar refractivity (Wildman–Crippen MR) is 93.1 cm³/mol. The predicted octanol–water partition coefficient (Wildman–Crippen LogP) is 2.09. The molecule has 24 heavy (non-hydrogen) atoms. The van der Waals surface area contributed by atoms with Crippen LogP contribution in [-0.2, 0) is 0 Å². The number of hydrogen-bond acceptors (Lipinski definition) is 4. The smallest absolute Gasteiger partial charge is 0.255 e. The molecule has 3 rings (SSSR count). The summed E-state index contributed by atoms with van der Waals surface area (Å²) in [6, 6.07) is 3.66. The first-order chi connectivity index (χ1) is 11.6. The van der Waals surface area contributed by atoms with Crippen molar-refractivity contribution in [3.63, 3.8) is 0 Å². The zero-order chi connectivity index (χ0) is 17.1. The van der Waals surface area contributed by atoms with Gasteiger partial charge in [-0.15, -0.1) is 0 Å². The number of anilines is 1. The quantitative estimate of drug-likeness (QED) is 0.916. The van der Waals surface area contributed by atoms with Crippen LogP contribution in [0.25, 0.3) is 0 Å². The summed E-state index contributed by atoms with van der Waals surface area (Å²) in [5.74, 6) is 1.58. The van der Waals surface area contributed by atoms with E-state index in [9.17, 15) is 9.18 Å². The van der Waals surface area contributed by atoms with Crippen molar-refractivity contribution in [1.82, 2.24) is 15.2 Å². The number of carbonyl (C=O) groups is 1. The van der Waals surface area contributed by atoms with Gasteiger partial charge in [0.15, 0.2) is 0 Å². The molecule has 2 atom stereocenters. The minimum absolute atomic E-state index is 0.0826. The molecule has 1 amide bonds. The van der Waals surface area contributed by atoms with Gasteiger partial charge >= 0.3 is 0 Å². The van der Waals surface area contributed by atoms with Gasteiger partial charge in [-0.1, -0.05) is 6.92 Å². The number of hydrogen-bond donors (Lipinski definition) is 1. The van der Waals surface area contributed by atoms with Crippen LogP contribution in [0.15, 0.2) is 18.3 Å². The van der Waals surface area contributed by atoms with E-state index < -0.39 is 6.17 Å². The number of amides is 1. The van der Waals surface area contributed by atoms with E-state index in [4.69, 9.17) is 0 Å². The molecule has 0 unspecified atom stereocenters. The number of carbonyl (C=O) groups excluding carboxylic acids is 1. The molecule has 2 aliphatic heterocycles. The Balaban J connectivity index is 1.67. The Bertz CT molecular complexity index is 557. The summed E-state index contributed by atoms with van der Waals surface area (Å²) in [6.07, 6.45) is 3.47. The molecule has 2 fully saturated rings. The monoisotopic (exact) mass is 334 g/mol. The summed E-state index contributed by atoms with van der Waals surface area (Å²) < 4.78 is 13.7. The van der Waals surface area contributed by atoms with E-state index >= 15 is 0 Å². The number of aromatic nitrogens is 1. The number of likely N-dealkylation sites (N-methyl/N-ethyl adjacent to an activating group) is 1. The highest BCUT2D eigenvalue weighted by Crippen LogP contribution is 2.24. The molecule has 1 aromatic rings. The molecule has 0 saturated carbocycles. The van der Waals surface area contributed by atoms with Gasteiger partial charge in [0.2, 0.25) is 0 Å². The van der Waals surface area contributed by atoms with Crippen molar-refractivity contribution in [1.29, 1.82) is 0 Å². The van der Waals surface area contributed by atoms with Crippen LogP contribution in [0.4, 0.5) is 10.2 Å². The molecule has 0 aliphatic carbocycles. The molecule has 0 aromatic carbocycles. The first kappa shape index (κ1) is 17.1. The highest BCUT2D eigenvalue weighted by molar-refractivity contribution is 5.94. The van der Waals surface area contributed by atoms with Crippen molar-refractivity contribution in [2.24, 2.45) is 5.92 Å². The molecular formula is C18H27FN4O. The molecule has 0 bridgehead atoms. The summed E-state index contributed by atoms with van der Waals surface area (Å²) in [5.41, 5.74) is 0.541. The van der Waals surface area contributed by atoms with Gasteiger partial charge in [0.1, 0.15) is 12.0 Å². The minimum atomic E-state index is -0.935. The Morgan fingerprint density at radius 2 is 2.12 bits per heavy atom. The first-order valence-electron chi connectivity index (χ1n) is 8.89. The number of piperidine rings is 1. The van der Waals surface area contributed by atoms with Gasteiger partial charge in [-0.2, -0.15) is 0 Å². The number of halogens is 1. The van der Waals surface area contributed by atoms with E-state index in [2.05, 4.69) is 22.1 Å². The lowest BCUT2D eigenvalue weighted by Crippen LogP contribution is -2.41. The van der Waals surface area contributed by atoms with Gasteiger partial charge in [-0.3, -0.25) is 4.79 Å². The standard InChI is InChI=1S/C18H27FN4O/c1-13-5-7-22(8-6-13)17-4-3-14(10-21-17)18(24)23-12-15(19)9-16(23)11-20-2/h3-4,10,13,15-16,20H,5-9,11-12H2,1-2H3/t15-,16-/m0/s1. The number of nitrogens with zero attached hydrogens (tertiary/aromatic N) is 3. The molecule has 5 nitrogen and oxygen atoms in total. The topological polar surface area (TPSA) is 48.5 Å². The molecule has 1 N–H and O–H groups in total. The fourth-order valence-corrected chi connectivity index (χ4v) is 3.64. The molecule has 2 saturated heterocycles. The molecule has 6 heteroatoms. The van der Waals surface area contributed by atoms with Gasteiger partial charge in [0, 0.05) is 38.3 Å². The van der Waals surface area contributed by atoms with Crippen LogP contribution in [0.2, 0.25) is 0 Å². The van der Waals surface area contributed by atoms with E-state index in [1.165, 1.54) is 12.8 Å². The van der Waals surface area contributed by atoms with E-state index in [1.54, 1.807) is 11.1 Å². The lowest BCUT2D eigenvalue weighted by Gasteiger charge is -2.31. The molecule has 1 aromatic heterocycles. The largest absolute Gasteiger partial charge is 0.357 e. The Morgan fingerprint density at radius 1 is 1.38 bits per heavy atom. The van der Waals surface area contributed by atoms with Gasteiger partial charge in [-0.05, 0) is 37.9 Å². The van der Waals surface area contributed by atoms with Crippen molar-refractivity contribution in [2.45, 2.75) is 38.4 Å². The van der Waals surface area contributed by atoms with Crippen molar-refractivity contribution >= 4 is 11.7 Å². The Morgan fingerprint density at radius 3 is 2.75 bits per heavy atom. The van der Waals surface area contributed by atoms with E-state index in [0.717, 1.165) is 24.8 Å². The highest BCUT2D eigenvalue weighted by atomic mass is 19.1. The van der Waals surface area contributed by atoms with Crippen LogP contribution in [0.5, 0.6) is 0 Å². The summed E-state index contributed by atoms with van der Waals surface area (Å²) in [6.45, 7) is 5.10. The van der Waals surface area contributed by atoms with E-state index in [0.29, 0.717) is 18.5 Å². The maximum absolute atomic E-state index is 13.7. The Hall–Kier alpha value is -1.69. The first-order valence-corrected chi connectivity index (χ1v) is 8.89. The number of alkyl halides is 1. The number of nitrogens with one attached hydrogen (secondary N) is 1. The highest BCUT2D eigenvalue weighted by Gasteiger charge is 2.35. The van der Waals surface area contributed by atoms with Crippen molar-refractivity contribution in [3.8, 4) is 0 Å². The minimum Gasteiger partial charge on any atom is -0.357 e. The Labute approximate surface area is 143 Å². The van der Waals surface area contributed by atoms with Crippen LogP contribution >= 0.6 is 0 Å². The molecule has 132 valence electrons. The number of pyridine rings is 1. The fraction of sp³-hybridized carbons (Fsp3) is 0.667. The summed E-state index contributed by atoms with van der Waals surface area (Å²) in [5, 5.41) is 3.04. The second-order valence-electron chi connectivity index (χ2n) is 7.08. The van der Waals surface area contributed by atoms with Crippen LogP contribution in [-0.4, -0.2) is 61.2 Å². The van der Waals surface area contributed by atoms with Crippen molar-refractivity contribution in [3.05, 3.63) is 23.9 Å². The maximum atomic E-state index is 13.7. The van der Waals surface area contributed by atoms with Crippen LogP contribution in [0, 0.1) is 5.92 Å². The third-order valence-electron chi connectivity index (χ3n) is 5.17. The molecule has 0 radical (unpaired) electrons. The lowest BCUT2D eigenvalue weighted by atomic mass is 9.99. The van der Waals surface area contributed by atoms with Gasteiger partial charge in [0.05, 0.1) is 12.1 Å². The van der Waals surface area contributed by atoms with Gasteiger partial charge < -0.3 is 15.1 Å². The number of rotatable bonds is 4. The summed E-state index contributed by atoms with van der Waals surface area (Å²) >= 11 is 0. The lowest BCUT2D eigenvalue weighted by molar-refractivity contribution is 0.0729. The van der Waals surface area contributed by atoms with Crippen LogP contribution in [0.3, 0.4) is 0 Å². The summed E-state index contributed by atoms with van der Waals surface area (Å²) in [7, 11) is 1.82. The van der Waals surface area contributed by atoms with E-state index in [-0.39, 0.29) is 18.5 Å². The second-order valence-corrected chi connectivity index (χ2v) is 7.08. The van der Waals surface area contributed by atoms with E-state index in [1.807, 2.05) is 19.2 Å². The third-order valence-corrected chi connectivity index (χ3v) is 5.17. The van der Waals surface area contributed by atoms with Crippen molar-refractivity contribution in [2.75, 3.05) is 38.1 Å². The second kappa shape index (κ2) is 7.47. The zero-order valence-electron chi connectivity index (χ0n) is 14.5. The Kier molecular flexibility index (Phi) is 5.33. The SMILES string of the molecule is CNC[C@@H]1C[C@H](F)CN1C(=O)c1ccc(N2CCC(C)CC2)nc1. The fourth-order valence-electron chi connectivity index (χ4n) is 3.64. The number of likely N-dealkylation sites (tertiary alicyclic amines) is 1. The van der Waals surface area contributed by atoms with Gasteiger partial charge in [-0.25, -0.2) is 9.37 Å². The van der Waals surface area contributed by atoms with Gasteiger partial charge in [0.25, 0.3) is 5.91 Å². The molecular weight excluding hydrogens is 307 g/mol. The average Bonchev–Trinajstić information content (AvgIpc) is 2.96. The van der Waals surface area contributed by atoms with Crippen molar-refractivity contribution < 1.29 is 9.18 Å². The third kappa shape index (κ3) is 3.69. The zero-order valence-corrected chi connectivity index (χ0v) is 14.5.